The van der Waals surface area contributed by atoms with Crippen molar-refractivity contribution >= 4 is 0 Å². The summed E-state index contributed by atoms with van der Waals surface area (Å²) in [5.41, 5.74) is 0. The fourth-order valence-corrected chi connectivity index (χ4v) is 0.606. The summed E-state index contributed by atoms with van der Waals surface area (Å²) in [5.74, 6) is 0. The SMILES string of the molecule is C=C/C=C\C=C/C[N-]CCC.[K+]. The van der Waals surface area contributed by atoms with Gasteiger partial charge in [0.2, 0.25) is 0 Å². The van der Waals surface area contributed by atoms with Crippen molar-refractivity contribution in [2.75, 3.05) is 13.1 Å². The van der Waals surface area contributed by atoms with Gasteiger partial charge in [-0.05, 0) is 0 Å². The van der Waals surface area contributed by atoms with Crippen molar-refractivity contribution in [3.8, 4) is 0 Å². The maximum atomic E-state index is 4.24. The average molecular weight is 189 g/mol. The van der Waals surface area contributed by atoms with Crippen LogP contribution in [0.1, 0.15) is 13.3 Å². The molecule has 0 aromatic carbocycles. The molecule has 0 fully saturated rings. The second-order valence-corrected chi connectivity index (χ2v) is 2.18. The van der Waals surface area contributed by atoms with Crippen LogP contribution in [0.4, 0.5) is 0 Å². The van der Waals surface area contributed by atoms with Crippen molar-refractivity contribution in [3.05, 3.63) is 42.3 Å². The predicted octanol–water partition coefficient (Wildman–Crippen LogP) is 0.0725. The Labute approximate surface area is 118 Å². The molecule has 0 amide bonds. The van der Waals surface area contributed by atoms with Gasteiger partial charge in [0, 0.05) is 0 Å². The molecule has 0 aliphatic heterocycles. The second-order valence-electron chi connectivity index (χ2n) is 2.18. The molecule has 12 heavy (non-hydrogen) atoms. The minimum atomic E-state index is 0. The largest absolute Gasteiger partial charge is 1.00 e. The fraction of sp³-hybridized carbons (Fsp3) is 0.400. The zero-order chi connectivity index (χ0) is 8.36. The monoisotopic (exact) mass is 189 g/mol. The molecule has 0 N–H and O–H groups in total. The van der Waals surface area contributed by atoms with Gasteiger partial charge in [-0.25, -0.2) is 0 Å². The molecule has 2 heteroatoms. The van der Waals surface area contributed by atoms with Crippen molar-refractivity contribution in [1.82, 2.24) is 0 Å². The first kappa shape index (κ1) is 15.3. The van der Waals surface area contributed by atoms with E-state index in [4.69, 9.17) is 0 Å². The third-order valence-electron chi connectivity index (χ3n) is 1.11. The summed E-state index contributed by atoms with van der Waals surface area (Å²) in [4.78, 5) is 0. The number of hydrogen-bond donors (Lipinski definition) is 0. The van der Waals surface area contributed by atoms with Crippen molar-refractivity contribution in [2.24, 2.45) is 0 Å². The normalized spacial score (nSPS) is 10.4. The Morgan fingerprint density at radius 3 is 2.58 bits per heavy atom. The van der Waals surface area contributed by atoms with Crippen LogP contribution < -0.4 is 51.4 Å². The molecule has 0 saturated heterocycles. The second kappa shape index (κ2) is 14.3. The van der Waals surface area contributed by atoms with Crippen molar-refractivity contribution < 1.29 is 51.4 Å². The van der Waals surface area contributed by atoms with Crippen molar-refractivity contribution in [3.63, 3.8) is 0 Å². The zero-order valence-corrected chi connectivity index (χ0v) is 11.3. The Bertz CT molecular complexity index is 139. The molecule has 0 aliphatic rings. The minimum absolute atomic E-state index is 0. The van der Waals surface area contributed by atoms with Gasteiger partial charge in [-0.3, -0.25) is 0 Å². The minimum Gasteiger partial charge on any atom is -0.659 e. The van der Waals surface area contributed by atoms with Crippen LogP contribution in [0, 0.1) is 0 Å². The molecule has 0 heterocycles. The van der Waals surface area contributed by atoms with Gasteiger partial charge in [-0.2, -0.15) is 0 Å². The Morgan fingerprint density at radius 2 is 2.00 bits per heavy atom. The van der Waals surface area contributed by atoms with E-state index in [1.54, 1.807) is 6.08 Å². The van der Waals surface area contributed by atoms with Crippen LogP contribution in [0.15, 0.2) is 37.0 Å². The van der Waals surface area contributed by atoms with E-state index < -0.39 is 0 Å². The van der Waals surface area contributed by atoms with Crippen molar-refractivity contribution in [1.29, 1.82) is 0 Å². The molecule has 0 rings (SSSR count). The molecule has 0 spiro atoms. The number of nitrogens with zero attached hydrogens (tertiary/aromatic N) is 1. The summed E-state index contributed by atoms with van der Waals surface area (Å²) in [6.07, 6.45) is 10.8. The third kappa shape index (κ3) is 13.4. The van der Waals surface area contributed by atoms with E-state index in [0.29, 0.717) is 0 Å². The third-order valence-corrected chi connectivity index (χ3v) is 1.11. The van der Waals surface area contributed by atoms with Crippen molar-refractivity contribution in [2.45, 2.75) is 13.3 Å². The van der Waals surface area contributed by atoms with Gasteiger partial charge in [0.05, 0.1) is 0 Å². The summed E-state index contributed by atoms with van der Waals surface area (Å²) in [5, 5.41) is 4.24. The first-order valence-electron chi connectivity index (χ1n) is 3.99. The predicted molar refractivity (Wildman–Crippen MR) is 51.9 cm³/mol. The van der Waals surface area contributed by atoms with Crippen LogP contribution in [-0.2, 0) is 0 Å². The van der Waals surface area contributed by atoms with Gasteiger partial charge in [-0.15, -0.1) is 19.2 Å². The van der Waals surface area contributed by atoms with Crippen LogP contribution in [0.3, 0.4) is 0 Å². The van der Waals surface area contributed by atoms with Gasteiger partial charge >= 0.3 is 51.4 Å². The molecule has 0 atom stereocenters. The summed E-state index contributed by atoms with van der Waals surface area (Å²) in [6, 6.07) is 0. The Kier molecular flexibility index (Phi) is 18.3. The fourth-order valence-electron chi connectivity index (χ4n) is 0.606. The molecular formula is C10H16KN. The molecule has 0 aromatic heterocycles. The average Bonchev–Trinajstić information content (AvgIpc) is 2.03. The molecule has 1 nitrogen and oxygen atoms in total. The summed E-state index contributed by atoms with van der Waals surface area (Å²) >= 11 is 0. The molecule has 0 bridgehead atoms. The van der Waals surface area contributed by atoms with Gasteiger partial charge in [0.25, 0.3) is 0 Å². The number of allylic oxidation sites excluding steroid dienone is 4. The van der Waals surface area contributed by atoms with E-state index >= 15 is 0 Å². The summed E-state index contributed by atoms with van der Waals surface area (Å²) < 4.78 is 0. The molecule has 0 aliphatic carbocycles. The summed E-state index contributed by atoms with van der Waals surface area (Å²) in [6.45, 7) is 7.49. The van der Waals surface area contributed by atoms with Crippen LogP contribution in [0.5, 0.6) is 0 Å². The van der Waals surface area contributed by atoms with Crippen LogP contribution >= 0.6 is 0 Å². The van der Waals surface area contributed by atoms with Gasteiger partial charge in [0.15, 0.2) is 0 Å². The smallest absolute Gasteiger partial charge is 0.659 e. The summed E-state index contributed by atoms with van der Waals surface area (Å²) in [7, 11) is 0. The van der Waals surface area contributed by atoms with E-state index in [0.717, 1.165) is 19.5 Å². The van der Waals surface area contributed by atoms with Crippen LogP contribution in [0.25, 0.3) is 5.32 Å². The van der Waals surface area contributed by atoms with E-state index in [1.807, 2.05) is 24.3 Å². The Hall–Kier alpha value is 0.816. The van der Waals surface area contributed by atoms with E-state index in [1.165, 1.54) is 0 Å². The topological polar surface area (TPSA) is 14.1 Å². The first-order chi connectivity index (χ1) is 5.41. The Balaban J connectivity index is 0. The van der Waals surface area contributed by atoms with Gasteiger partial charge in [-0.1, -0.05) is 44.2 Å². The maximum absolute atomic E-state index is 4.24. The first-order valence-corrected chi connectivity index (χ1v) is 3.99. The van der Waals surface area contributed by atoms with Crippen LogP contribution in [0.2, 0.25) is 0 Å². The molecule has 0 aromatic rings. The molecule has 0 saturated carbocycles. The van der Waals surface area contributed by atoms with E-state index in [9.17, 15) is 0 Å². The number of rotatable bonds is 6. The van der Waals surface area contributed by atoms with Crippen LogP contribution in [-0.4, -0.2) is 13.1 Å². The maximum Gasteiger partial charge on any atom is 1.00 e. The molecular weight excluding hydrogens is 173 g/mol. The van der Waals surface area contributed by atoms with E-state index in [2.05, 4.69) is 18.8 Å². The Morgan fingerprint density at radius 1 is 1.25 bits per heavy atom. The number of hydrogen-bond acceptors (Lipinski definition) is 0. The van der Waals surface area contributed by atoms with Gasteiger partial charge in [0.1, 0.15) is 0 Å². The quantitative estimate of drug-likeness (QED) is 0.319. The molecule has 62 valence electrons. The zero-order valence-electron chi connectivity index (χ0n) is 8.16. The van der Waals surface area contributed by atoms with Gasteiger partial charge < -0.3 is 5.32 Å². The molecule has 0 radical (unpaired) electrons. The van der Waals surface area contributed by atoms with E-state index in [-0.39, 0.29) is 51.4 Å². The molecule has 0 unspecified atom stereocenters. The standard InChI is InChI=1S/C10H16N.K/c1-3-5-6-7-8-10-11-9-4-2;/h3,5-8H,1,4,9-10H2,2H3;/q-1;+1/b6-5-,8-7-;.